The number of amides is 1. The second kappa shape index (κ2) is 7.01. The fraction of sp³-hybridized carbons (Fsp3) is 0.421. The minimum atomic E-state index is 0.00237. The van der Waals surface area contributed by atoms with Crippen molar-refractivity contribution in [1.29, 1.82) is 0 Å². The molecule has 2 aromatic rings. The van der Waals surface area contributed by atoms with Gasteiger partial charge in [-0.2, -0.15) is 0 Å². The summed E-state index contributed by atoms with van der Waals surface area (Å²) in [6.45, 7) is 7.19. The minimum Gasteiger partial charge on any atom is -0.360 e. The van der Waals surface area contributed by atoms with Crippen molar-refractivity contribution in [1.82, 2.24) is 15.2 Å². The average Bonchev–Trinajstić information content (AvgIpc) is 3.22. The lowest BCUT2D eigenvalue weighted by molar-refractivity contribution is 0.0941. The van der Waals surface area contributed by atoms with E-state index in [1.165, 1.54) is 18.4 Å². The van der Waals surface area contributed by atoms with Crippen LogP contribution in [0.5, 0.6) is 0 Å². The van der Waals surface area contributed by atoms with Crippen LogP contribution in [0.4, 0.5) is 0 Å². The zero-order valence-electron chi connectivity index (χ0n) is 13.9. The zero-order valence-corrected chi connectivity index (χ0v) is 13.9. The first kappa shape index (κ1) is 15.8. The smallest absolute Gasteiger partial charge is 0.252 e. The molecule has 2 N–H and O–H groups in total. The Bertz CT molecular complexity index is 660. The predicted molar refractivity (Wildman–Crippen MR) is 93.6 cm³/mol. The molecule has 1 aromatic carbocycles. The van der Waals surface area contributed by atoms with E-state index >= 15 is 0 Å². The third-order valence-electron chi connectivity index (χ3n) is 4.71. The van der Waals surface area contributed by atoms with E-state index < -0.39 is 0 Å². The molecule has 3 rings (SSSR count). The Labute approximate surface area is 137 Å². The third kappa shape index (κ3) is 3.64. The zero-order chi connectivity index (χ0) is 16.2. The minimum absolute atomic E-state index is 0.00237. The number of nitrogens with zero attached hydrogens (tertiary/aromatic N) is 1. The Balaban J connectivity index is 1.61. The Morgan fingerprint density at radius 3 is 2.87 bits per heavy atom. The molecule has 1 aliphatic heterocycles. The SMILES string of the molecule is CCN1CCCC1CNC(=O)c1c[nH]c(-c2ccc(C)cc2)c1. The summed E-state index contributed by atoms with van der Waals surface area (Å²) >= 11 is 0. The molecule has 1 amide bonds. The van der Waals surface area contributed by atoms with Crippen molar-refractivity contribution in [3.8, 4) is 11.3 Å². The van der Waals surface area contributed by atoms with E-state index in [-0.39, 0.29) is 5.91 Å². The molecular formula is C19H25N3O. The van der Waals surface area contributed by atoms with Gasteiger partial charge in [-0.15, -0.1) is 0 Å². The molecule has 0 aliphatic carbocycles. The van der Waals surface area contributed by atoms with Crippen LogP contribution in [0.25, 0.3) is 11.3 Å². The monoisotopic (exact) mass is 311 g/mol. The molecule has 4 nitrogen and oxygen atoms in total. The number of aromatic amines is 1. The van der Waals surface area contributed by atoms with Gasteiger partial charge in [0, 0.05) is 24.5 Å². The quantitative estimate of drug-likeness (QED) is 0.891. The van der Waals surface area contributed by atoms with Crippen LogP contribution in [0, 0.1) is 6.92 Å². The van der Waals surface area contributed by atoms with E-state index in [9.17, 15) is 4.79 Å². The van der Waals surface area contributed by atoms with E-state index in [1.54, 1.807) is 6.20 Å². The number of aromatic nitrogens is 1. The van der Waals surface area contributed by atoms with Crippen molar-refractivity contribution >= 4 is 5.91 Å². The second-order valence-corrected chi connectivity index (χ2v) is 6.30. The molecule has 1 aromatic heterocycles. The van der Waals surface area contributed by atoms with Gasteiger partial charge in [-0.1, -0.05) is 36.8 Å². The Morgan fingerprint density at radius 2 is 2.13 bits per heavy atom. The summed E-state index contributed by atoms with van der Waals surface area (Å²) in [6, 6.07) is 10.7. The summed E-state index contributed by atoms with van der Waals surface area (Å²) in [7, 11) is 0. The number of likely N-dealkylation sites (N-methyl/N-ethyl adjacent to an activating group) is 1. The van der Waals surface area contributed by atoms with Crippen LogP contribution in [0.15, 0.2) is 36.5 Å². The largest absolute Gasteiger partial charge is 0.360 e. The van der Waals surface area contributed by atoms with E-state index in [0.717, 1.165) is 30.9 Å². The van der Waals surface area contributed by atoms with Gasteiger partial charge in [-0.25, -0.2) is 0 Å². The number of aryl methyl sites for hydroxylation is 1. The number of carbonyl (C=O) groups excluding carboxylic acids is 1. The first-order valence-electron chi connectivity index (χ1n) is 8.45. The van der Waals surface area contributed by atoms with Gasteiger partial charge in [0.05, 0.1) is 5.56 Å². The summed E-state index contributed by atoms with van der Waals surface area (Å²) in [5.41, 5.74) is 4.01. The van der Waals surface area contributed by atoms with Gasteiger partial charge in [0.25, 0.3) is 5.91 Å². The van der Waals surface area contributed by atoms with Crippen molar-refractivity contribution < 1.29 is 4.79 Å². The summed E-state index contributed by atoms with van der Waals surface area (Å²) in [4.78, 5) is 18.0. The lowest BCUT2D eigenvalue weighted by Crippen LogP contribution is -2.39. The van der Waals surface area contributed by atoms with Crippen LogP contribution in [-0.4, -0.2) is 41.5 Å². The number of hydrogen-bond acceptors (Lipinski definition) is 2. The van der Waals surface area contributed by atoms with E-state index in [0.29, 0.717) is 11.6 Å². The number of carbonyl (C=O) groups is 1. The molecule has 1 atom stereocenters. The van der Waals surface area contributed by atoms with Gasteiger partial charge in [0.1, 0.15) is 0 Å². The molecule has 1 unspecified atom stereocenters. The first-order chi connectivity index (χ1) is 11.2. The van der Waals surface area contributed by atoms with Gasteiger partial charge in [-0.3, -0.25) is 9.69 Å². The van der Waals surface area contributed by atoms with Crippen molar-refractivity contribution in [2.45, 2.75) is 32.7 Å². The van der Waals surface area contributed by atoms with Gasteiger partial charge in [0.2, 0.25) is 0 Å². The first-order valence-corrected chi connectivity index (χ1v) is 8.45. The molecule has 0 saturated carbocycles. The van der Waals surface area contributed by atoms with Gasteiger partial charge in [0.15, 0.2) is 0 Å². The lowest BCUT2D eigenvalue weighted by atomic mass is 10.1. The molecule has 0 radical (unpaired) electrons. The van der Waals surface area contributed by atoms with Gasteiger partial charge in [-0.05, 0) is 44.5 Å². The van der Waals surface area contributed by atoms with E-state index in [1.807, 2.05) is 6.07 Å². The Morgan fingerprint density at radius 1 is 1.35 bits per heavy atom. The molecule has 1 aliphatic rings. The highest BCUT2D eigenvalue weighted by Crippen LogP contribution is 2.20. The molecule has 122 valence electrons. The second-order valence-electron chi connectivity index (χ2n) is 6.30. The fourth-order valence-corrected chi connectivity index (χ4v) is 3.28. The predicted octanol–water partition coefficient (Wildman–Crippen LogP) is 3.20. The van der Waals surface area contributed by atoms with E-state index in [4.69, 9.17) is 0 Å². The highest BCUT2D eigenvalue weighted by molar-refractivity contribution is 5.95. The van der Waals surface area contributed by atoms with Crippen molar-refractivity contribution in [2.75, 3.05) is 19.6 Å². The highest BCUT2D eigenvalue weighted by atomic mass is 16.1. The molecule has 23 heavy (non-hydrogen) atoms. The number of benzene rings is 1. The maximum Gasteiger partial charge on any atom is 0.252 e. The van der Waals surface area contributed by atoms with Crippen LogP contribution in [-0.2, 0) is 0 Å². The van der Waals surface area contributed by atoms with Crippen molar-refractivity contribution in [3.05, 3.63) is 47.7 Å². The number of nitrogens with one attached hydrogen (secondary N) is 2. The Hall–Kier alpha value is -2.07. The maximum atomic E-state index is 12.3. The third-order valence-corrected chi connectivity index (χ3v) is 4.71. The molecule has 1 fully saturated rings. The average molecular weight is 311 g/mol. The number of rotatable bonds is 5. The van der Waals surface area contributed by atoms with Crippen LogP contribution in [0.2, 0.25) is 0 Å². The highest BCUT2D eigenvalue weighted by Gasteiger charge is 2.23. The number of H-pyrrole nitrogens is 1. The molecule has 2 heterocycles. The number of likely N-dealkylation sites (tertiary alicyclic amines) is 1. The summed E-state index contributed by atoms with van der Waals surface area (Å²) in [5, 5.41) is 3.08. The topological polar surface area (TPSA) is 48.1 Å². The molecule has 0 bridgehead atoms. The van der Waals surface area contributed by atoms with Crippen LogP contribution in [0.1, 0.15) is 35.7 Å². The van der Waals surface area contributed by atoms with Crippen LogP contribution >= 0.6 is 0 Å². The number of hydrogen-bond donors (Lipinski definition) is 2. The molecule has 4 heteroatoms. The van der Waals surface area contributed by atoms with Gasteiger partial charge >= 0.3 is 0 Å². The lowest BCUT2D eigenvalue weighted by Gasteiger charge is -2.22. The summed E-state index contributed by atoms with van der Waals surface area (Å²) < 4.78 is 0. The maximum absolute atomic E-state index is 12.3. The van der Waals surface area contributed by atoms with Crippen LogP contribution in [0.3, 0.4) is 0 Å². The molecule has 1 saturated heterocycles. The van der Waals surface area contributed by atoms with Gasteiger partial charge < -0.3 is 10.3 Å². The van der Waals surface area contributed by atoms with Crippen molar-refractivity contribution in [3.63, 3.8) is 0 Å². The summed E-state index contributed by atoms with van der Waals surface area (Å²) in [6.07, 6.45) is 4.20. The molecular weight excluding hydrogens is 286 g/mol. The normalized spacial score (nSPS) is 18.3. The van der Waals surface area contributed by atoms with E-state index in [2.05, 4.69) is 53.3 Å². The molecule has 0 spiro atoms. The van der Waals surface area contributed by atoms with Crippen molar-refractivity contribution in [2.24, 2.45) is 0 Å². The summed E-state index contributed by atoms with van der Waals surface area (Å²) in [5.74, 6) is 0.00237. The van der Waals surface area contributed by atoms with Crippen LogP contribution < -0.4 is 5.32 Å². The standard InChI is InChI=1S/C19H25N3O/c1-3-22-10-4-5-17(22)13-21-19(23)16-11-18(20-12-16)15-8-6-14(2)7-9-15/h6-9,11-12,17,20H,3-5,10,13H2,1-2H3,(H,21,23). The fourth-order valence-electron chi connectivity index (χ4n) is 3.28. The Kier molecular flexibility index (Phi) is 4.82.